The number of rotatable bonds is 4. The molecule has 0 saturated carbocycles. The van der Waals surface area contributed by atoms with E-state index in [4.69, 9.17) is 22.2 Å². The van der Waals surface area contributed by atoms with Crippen molar-refractivity contribution in [2.75, 3.05) is 4.90 Å². The second-order valence-corrected chi connectivity index (χ2v) is 9.54. The van der Waals surface area contributed by atoms with Crippen LogP contribution in [-0.4, -0.2) is 19.6 Å². The molecule has 0 radical (unpaired) electrons. The molecule has 5 nitrogen and oxygen atoms in total. The maximum atomic E-state index is 5.93. The molecule has 1 N–H and O–H groups in total. The molecule has 1 saturated heterocycles. The number of nitrogens with one attached hydrogen (secondary N) is 1. The van der Waals surface area contributed by atoms with E-state index < -0.39 is 0 Å². The molecule has 2 unspecified atom stereocenters. The van der Waals surface area contributed by atoms with Crippen molar-refractivity contribution in [1.29, 1.82) is 0 Å². The number of nitrogens with zero attached hydrogens (tertiary/aromatic N) is 4. The molecule has 1 aromatic carbocycles. The SMILES string of the molecule is Cc1cc(C)cc(N2C(=S)NC(c3ccccn3)C2c2cc(C)n(-c3ncccc3C)c2C)c1. The van der Waals surface area contributed by atoms with Gasteiger partial charge in [-0.05, 0) is 105 Å². The molecular weight excluding hydrogens is 438 g/mol. The Labute approximate surface area is 206 Å². The first-order chi connectivity index (χ1) is 16.3. The lowest BCUT2D eigenvalue weighted by Gasteiger charge is -2.29. The van der Waals surface area contributed by atoms with Gasteiger partial charge in [0.05, 0.1) is 17.8 Å². The summed E-state index contributed by atoms with van der Waals surface area (Å²) in [6.07, 6.45) is 3.70. The van der Waals surface area contributed by atoms with Crippen molar-refractivity contribution in [1.82, 2.24) is 19.9 Å². The highest BCUT2D eigenvalue weighted by Gasteiger charge is 2.42. The van der Waals surface area contributed by atoms with Crippen LogP contribution in [0.3, 0.4) is 0 Å². The normalized spacial score (nSPS) is 17.8. The Morgan fingerprint density at radius 1 is 0.853 bits per heavy atom. The van der Waals surface area contributed by atoms with E-state index in [-0.39, 0.29) is 12.1 Å². The third kappa shape index (κ3) is 3.78. The second kappa shape index (κ2) is 8.69. The Balaban J connectivity index is 1.71. The molecule has 2 atom stereocenters. The lowest BCUT2D eigenvalue weighted by atomic mass is 9.96. The van der Waals surface area contributed by atoms with Gasteiger partial charge in [0.15, 0.2) is 5.11 Å². The molecule has 0 spiro atoms. The molecule has 1 aliphatic rings. The minimum Gasteiger partial charge on any atom is -0.351 e. The molecule has 4 aromatic rings. The number of hydrogen-bond acceptors (Lipinski definition) is 3. The number of pyridine rings is 2. The predicted molar refractivity (Wildman–Crippen MR) is 142 cm³/mol. The Bertz CT molecular complexity index is 1350. The van der Waals surface area contributed by atoms with Crippen molar-refractivity contribution in [3.8, 4) is 5.82 Å². The summed E-state index contributed by atoms with van der Waals surface area (Å²) in [5.41, 5.74) is 9.16. The van der Waals surface area contributed by atoms with Gasteiger partial charge in [-0.15, -0.1) is 0 Å². The van der Waals surface area contributed by atoms with Gasteiger partial charge in [0.2, 0.25) is 0 Å². The van der Waals surface area contributed by atoms with Crippen molar-refractivity contribution < 1.29 is 0 Å². The summed E-state index contributed by atoms with van der Waals surface area (Å²) in [7, 11) is 0. The van der Waals surface area contributed by atoms with E-state index in [0.717, 1.165) is 34.2 Å². The zero-order valence-corrected chi connectivity index (χ0v) is 21.0. The lowest BCUT2D eigenvalue weighted by Crippen LogP contribution is -2.29. The lowest BCUT2D eigenvalue weighted by molar-refractivity contribution is 0.565. The fraction of sp³-hybridized carbons (Fsp3) is 0.250. The van der Waals surface area contributed by atoms with Crippen LogP contribution in [0.15, 0.2) is 67.0 Å². The van der Waals surface area contributed by atoms with Crippen molar-refractivity contribution >= 4 is 23.0 Å². The fourth-order valence-electron chi connectivity index (χ4n) is 5.16. The second-order valence-electron chi connectivity index (χ2n) is 9.15. The zero-order valence-electron chi connectivity index (χ0n) is 20.2. The molecule has 1 fully saturated rings. The molecule has 0 bridgehead atoms. The number of benzene rings is 1. The minimum absolute atomic E-state index is 0.0485. The minimum atomic E-state index is -0.0757. The third-order valence-electron chi connectivity index (χ3n) is 6.57. The molecule has 34 heavy (non-hydrogen) atoms. The van der Waals surface area contributed by atoms with Crippen LogP contribution in [0.4, 0.5) is 5.69 Å². The zero-order chi connectivity index (χ0) is 24.0. The van der Waals surface area contributed by atoms with Crippen molar-refractivity contribution in [2.45, 2.75) is 46.7 Å². The van der Waals surface area contributed by atoms with E-state index in [0.29, 0.717) is 5.11 Å². The molecule has 5 rings (SSSR count). The number of thiocarbonyl (C=S) groups is 1. The van der Waals surface area contributed by atoms with Gasteiger partial charge in [0, 0.05) is 29.5 Å². The fourth-order valence-corrected chi connectivity index (χ4v) is 5.51. The molecule has 0 aliphatic carbocycles. The highest BCUT2D eigenvalue weighted by Crippen LogP contribution is 2.44. The van der Waals surface area contributed by atoms with Crippen molar-refractivity contribution in [3.05, 3.63) is 106 Å². The predicted octanol–water partition coefficient (Wildman–Crippen LogP) is 5.99. The molecular formula is C28H29N5S. The van der Waals surface area contributed by atoms with Crippen LogP contribution in [0.2, 0.25) is 0 Å². The van der Waals surface area contributed by atoms with Gasteiger partial charge < -0.3 is 14.8 Å². The number of aryl methyl sites for hydroxylation is 4. The van der Waals surface area contributed by atoms with E-state index in [1.165, 1.54) is 16.7 Å². The van der Waals surface area contributed by atoms with Gasteiger partial charge in [-0.25, -0.2) is 4.98 Å². The van der Waals surface area contributed by atoms with Gasteiger partial charge in [0.25, 0.3) is 0 Å². The van der Waals surface area contributed by atoms with E-state index in [2.05, 4.69) is 85.8 Å². The molecule has 4 heterocycles. The maximum absolute atomic E-state index is 5.93. The van der Waals surface area contributed by atoms with E-state index in [1.54, 1.807) is 0 Å². The first-order valence-electron chi connectivity index (χ1n) is 11.5. The first-order valence-corrected chi connectivity index (χ1v) is 12.0. The van der Waals surface area contributed by atoms with Crippen LogP contribution in [0.5, 0.6) is 0 Å². The molecule has 0 amide bonds. The largest absolute Gasteiger partial charge is 0.351 e. The van der Waals surface area contributed by atoms with Crippen LogP contribution in [-0.2, 0) is 0 Å². The maximum Gasteiger partial charge on any atom is 0.174 e. The Hall–Kier alpha value is -3.51. The van der Waals surface area contributed by atoms with Crippen LogP contribution in [0, 0.1) is 34.6 Å². The van der Waals surface area contributed by atoms with Crippen LogP contribution in [0.1, 0.15) is 51.4 Å². The van der Waals surface area contributed by atoms with Gasteiger partial charge in [-0.2, -0.15) is 0 Å². The average molecular weight is 468 g/mol. The van der Waals surface area contributed by atoms with Gasteiger partial charge in [-0.3, -0.25) is 4.98 Å². The molecule has 6 heteroatoms. The smallest absolute Gasteiger partial charge is 0.174 e. The summed E-state index contributed by atoms with van der Waals surface area (Å²) in [5, 5.41) is 4.30. The van der Waals surface area contributed by atoms with E-state index in [1.807, 2.05) is 30.6 Å². The van der Waals surface area contributed by atoms with Crippen LogP contribution in [0.25, 0.3) is 5.82 Å². The standard InChI is InChI=1S/C28H29N5S/c1-17-13-18(2)15-22(14-17)33-26(25(31-28(33)34)24-10-6-7-11-29-24)23-16-20(4)32(21(23)5)27-19(3)9-8-12-30-27/h6-16,25-26H,1-5H3,(H,31,34). The summed E-state index contributed by atoms with van der Waals surface area (Å²) < 4.78 is 2.25. The highest BCUT2D eigenvalue weighted by molar-refractivity contribution is 7.80. The monoisotopic (exact) mass is 467 g/mol. The molecule has 172 valence electrons. The Morgan fingerprint density at radius 3 is 2.26 bits per heavy atom. The Morgan fingerprint density at radius 2 is 1.59 bits per heavy atom. The Kier molecular flexibility index (Phi) is 5.70. The first kappa shape index (κ1) is 22.3. The number of aromatic nitrogens is 3. The van der Waals surface area contributed by atoms with Crippen LogP contribution >= 0.6 is 12.2 Å². The summed E-state index contributed by atoms with van der Waals surface area (Å²) in [6, 6.07) is 18.9. The van der Waals surface area contributed by atoms with Crippen LogP contribution < -0.4 is 10.2 Å². The number of hydrogen-bond donors (Lipinski definition) is 1. The third-order valence-corrected chi connectivity index (χ3v) is 6.88. The quantitative estimate of drug-likeness (QED) is 0.374. The van der Waals surface area contributed by atoms with Gasteiger partial charge >= 0.3 is 0 Å². The van der Waals surface area contributed by atoms with E-state index in [9.17, 15) is 0 Å². The molecule has 1 aliphatic heterocycles. The van der Waals surface area contributed by atoms with Gasteiger partial charge in [0.1, 0.15) is 5.82 Å². The summed E-state index contributed by atoms with van der Waals surface area (Å²) in [6.45, 7) is 10.7. The van der Waals surface area contributed by atoms with E-state index >= 15 is 0 Å². The van der Waals surface area contributed by atoms with Crippen molar-refractivity contribution in [2.24, 2.45) is 0 Å². The number of anilines is 1. The van der Waals surface area contributed by atoms with Gasteiger partial charge in [-0.1, -0.05) is 18.2 Å². The highest BCUT2D eigenvalue weighted by atomic mass is 32.1. The molecule has 3 aromatic heterocycles. The summed E-state index contributed by atoms with van der Waals surface area (Å²) >= 11 is 5.93. The topological polar surface area (TPSA) is 46.0 Å². The average Bonchev–Trinajstić information content (AvgIpc) is 3.29. The summed E-state index contributed by atoms with van der Waals surface area (Å²) in [4.78, 5) is 11.7. The summed E-state index contributed by atoms with van der Waals surface area (Å²) in [5.74, 6) is 0.963. The van der Waals surface area contributed by atoms with Crippen molar-refractivity contribution in [3.63, 3.8) is 0 Å².